The summed E-state index contributed by atoms with van der Waals surface area (Å²) in [6.07, 6.45) is 0. The number of rotatable bonds is 4. The van der Waals surface area contributed by atoms with Crippen LogP contribution in [-0.2, 0) is 0 Å². The van der Waals surface area contributed by atoms with E-state index in [0.29, 0.717) is 21.3 Å². The largest absolute Gasteiger partial charge is 0.197 e. The van der Waals surface area contributed by atoms with Crippen molar-refractivity contribution in [3.8, 4) is 6.07 Å². The molecule has 3 rings (SSSR count). The van der Waals surface area contributed by atoms with Crippen LogP contribution in [0.1, 0.15) is 17.2 Å². The summed E-state index contributed by atoms with van der Waals surface area (Å²) in [5.74, 6) is -0.658. The van der Waals surface area contributed by atoms with E-state index in [4.69, 9.17) is 23.2 Å². The first-order valence-corrected chi connectivity index (χ1v) is 8.66. The van der Waals surface area contributed by atoms with Crippen molar-refractivity contribution in [1.29, 1.82) is 5.26 Å². The monoisotopic (exact) mass is 371 g/mol. The zero-order valence-corrected chi connectivity index (χ0v) is 14.7. The number of hydrogen-bond acceptors (Lipinski definition) is 4. The second-order valence-corrected chi connectivity index (χ2v) is 6.82. The van der Waals surface area contributed by atoms with Gasteiger partial charge in [-0.1, -0.05) is 59.2 Å². The van der Waals surface area contributed by atoms with Gasteiger partial charge >= 0.3 is 0 Å². The molecule has 1 aromatic heterocycles. The maximum Gasteiger partial charge on any atom is 0.124 e. The number of halogens is 2. The second kappa shape index (κ2) is 7.67. The molecule has 0 aliphatic rings. The average molecular weight is 372 g/mol. The minimum absolute atomic E-state index is 0.443. The summed E-state index contributed by atoms with van der Waals surface area (Å²) < 4.78 is 0. The average Bonchev–Trinajstić information content (AvgIpc) is 2.60. The minimum atomic E-state index is -0.658. The lowest BCUT2D eigenvalue weighted by atomic mass is 9.97. The Balaban J connectivity index is 1.88. The lowest BCUT2D eigenvalue weighted by molar-refractivity contribution is 0.837. The Morgan fingerprint density at radius 3 is 2.17 bits per heavy atom. The standard InChI is InChI=1S/C18H11Cl2N3S/c19-14-7-4-8-15(20)18(14)13(11-21)16-9-10-17(23-22-16)24-12-5-2-1-3-6-12/h1-10,13H. The van der Waals surface area contributed by atoms with Crippen LogP contribution in [0.15, 0.2) is 70.6 Å². The maximum atomic E-state index is 9.55. The molecule has 0 aliphatic carbocycles. The molecule has 3 nitrogen and oxygen atoms in total. The molecule has 24 heavy (non-hydrogen) atoms. The topological polar surface area (TPSA) is 49.6 Å². The van der Waals surface area contributed by atoms with Crippen molar-refractivity contribution in [2.45, 2.75) is 15.8 Å². The molecule has 0 fully saturated rings. The van der Waals surface area contributed by atoms with E-state index in [1.807, 2.05) is 36.4 Å². The fourth-order valence-corrected chi connectivity index (χ4v) is 3.58. The number of aromatic nitrogens is 2. The minimum Gasteiger partial charge on any atom is -0.197 e. The molecule has 0 radical (unpaired) electrons. The van der Waals surface area contributed by atoms with Gasteiger partial charge in [0.25, 0.3) is 0 Å². The number of nitriles is 1. The zero-order valence-electron chi connectivity index (χ0n) is 12.4. The Bertz CT molecular complexity index is 857. The maximum absolute atomic E-state index is 9.55. The summed E-state index contributed by atoms with van der Waals surface area (Å²) in [5.41, 5.74) is 1.08. The highest BCUT2D eigenvalue weighted by Crippen LogP contribution is 2.35. The first kappa shape index (κ1) is 16.8. The first-order chi connectivity index (χ1) is 11.7. The van der Waals surface area contributed by atoms with Crippen LogP contribution in [0.4, 0.5) is 0 Å². The molecule has 2 aromatic carbocycles. The number of benzene rings is 2. The summed E-state index contributed by atoms with van der Waals surface area (Å²) in [4.78, 5) is 1.07. The van der Waals surface area contributed by atoms with E-state index < -0.39 is 5.92 Å². The second-order valence-electron chi connectivity index (χ2n) is 4.91. The molecule has 0 spiro atoms. The molecule has 0 saturated carbocycles. The van der Waals surface area contributed by atoms with Crippen molar-refractivity contribution >= 4 is 35.0 Å². The molecule has 0 amide bonds. The van der Waals surface area contributed by atoms with Crippen LogP contribution in [0.3, 0.4) is 0 Å². The highest BCUT2D eigenvalue weighted by Gasteiger charge is 2.21. The van der Waals surface area contributed by atoms with E-state index in [1.54, 1.807) is 24.3 Å². The van der Waals surface area contributed by atoms with Gasteiger partial charge in [0.2, 0.25) is 0 Å². The van der Waals surface area contributed by atoms with Crippen LogP contribution in [0.25, 0.3) is 0 Å². The Kier molecular flexibility index (Phi) is 5.37. The van der Waals surface area contributed by atoms with Crippen molar-refractivity contribution in [3.63, 3.8) is 0 Å². The quantitative estimate of drug-likeness (QED) is 0.599. The van der Waals surface area contributed by atoms with E-state index in [-0.39, 0.29) is 0 Å². The van der Waals surface area contributed by atoms with Crippen LogP contribution in [0, 0.1) is 11.3 Å². The number of hydrogen-bond donors (Lipinski definition) is 0. The van der Waals surface area contributed by atoms with Gasteiger partial charge in [-0.3, -0.25) is 0 Å². The Morgan fingerprint density at radius 2 is 1.58 bits per heavy atom. The molecular formula is C18H11Cl2N3S. The van der Waals surface area contributed by atoms with Gasteiger partial charge in [0, 0.05) is 20.5 Å². The summed E-state index contributed by atoms with van der Waals surface area (Å²) in [6.45, 7) is 0. The highest BCUT2D eigenvalue weighted by atomic mass is 35.5. The molecule has 1 unspecified atom stereocenters. The molecule has 0 bridgehead atoms. The van der Waals surface area contributed by atoms with Gasteiger partial charge in [-0.05, 0) is 36.4 Å². The van der Waals surface area contributed by atoms with Gasteiger partial charge in [0.1, 0.15) is 10.9 Å². The van der Waals surface area contributed by atoms with Crippen molar-refractivity contribution in [2.75, 3.05) is 0 Å². The SMILES string of the molecule is N#CC(c1ccc(Sc2ccccc2)nn1)c1c(Cl)cccc1Cl. The van der Waals surface area contributed by atoms with Crippen LogP contribution < -0.4 is 0 Å². The van der Waals surface area contributed by atoms with E-state index >= 15 is 0 Å². The summed E-state index contributed by atoms with van der Waals surface area (Å²) in [5, 5.41) is 19.6. The molecule has 3 aromatic rings. The van der Waals surface area contributed by atoms with Crippen molar-refractivity contribution in [2.24, 2.45) is 0 Å². The Hall–Kier alpha value is -2.06. The van der Waals surface area contributed by atoms with Crippen molar-refractivity contribution < 1.29 is 0 Å². The third-order valence-electron chi connectivity index (χ3n) is 3.34. The zero-order chi connectivity index (χ0) is 16.9. The summed E-state index contributed by atoms with van der Waals surface area (Å²) in [7, 11) is 0. The van der Waals surface area contributed by atoms with Crippen molar-refractivity contribution in [3.05, 3.63) is 82.0 Å². The molecular weight excluding hydrogens is 361 g/mol. The normalized spacial score (nSPS) is 11.7. The van der Waals surface area contributed by atoms with Crippen LogP contribution >= 0.6 is 35.0 Å². The van der Waals surface area contributed by atoms with E-state index in [0.717, 1.165) is 9.92 Å². The number of nitrogens with zero attached hydrogens (tertiary/aromatic N) is 3. The molecule has 1 heterocycles. The molecule has 1 atom stereocenters. The third-order valence-corrected chi connectivity index (χ3v) is 4.93. The van der Waals surface area contributed by atoms with Gasteiger partial charge in [-0.25, -0.2) is 0 Å². The third kappa shape index (κ3) is 3.70. The van der Waals surface area contributed by atoms with Gasteiger partial charge in [0.15, 0.2) is 0 Å². The lowest BCUT2D eigenvalue weighted by Crippen LogP contribution is -2.04. The Labute approximate surface area is 154 Å². The van der Waals surface area contributed by atoms with Crippen LogP contribution in [0.2, 0.25) is 10.0 Å². The summed E-state index contributed by atoms with van der Waals surface area (Å²) >= 11 is 13.9. The smallest absolute Gasteiger partial charge is 0.124 e. The fraction of sp³-hybridized carbons (Fsp3) is 0.0556. The van der Waals surface area contributed by atoms with E-state index in [1.165, 1.54) is 11.8 Å². The van der Waals surface area contributed by atoms with Crippen molar-refractivity contribution in [1.82, 2.24) is 10.2 Å². The predicted molar refractivity (Wildman–Crippen MR) is 96.5 cm³/mol. The fourth-order valence-electron chi connectivity index (χ4n) is 2.21. The Morgan fingerprint density at radius 1 is 0.875 bits per heavy atom. The van der Waals surface area contributed by atoms with Crippen LogP contribution in [0.5, 0.6) is 0 Å². The predicted octanol–water partition coefficient (Wildman–Crippen LogP) is 5.59. The highest BCUT2D eigenvalue weighted by molar-refractivity contribution is 7.99. The first-order valence-electron chi connectivity index (χ1n) is 7.09. The van der Waals surface area contributed by atoms with Crippen LogP contribution in [-0.4, -0.2) is 10.2 Å². The molecule has 0 saturated heterocycles. The molecule has 118 valence electrons. The summed E-state index contributed by atoms with van der Waals surface area (Å²) in [6, 6.07) is 20.9. The molecule has 6 heteroatoms. The van der Waals surface area contributed by atoms with E-state index in [9.17, 15) is 5.26 Å². The lowest BCUT2D eigenvalue weighted by Gasteiger charge is -2.12. The molecule has 0 aliphatic heterocycles. The van der Waals surface area contributed by atoms with Gasteiger partial charge in [-0.15, -0.1) is 5.10 Å². The van der Waals surface area contributed by atoms with E-state index in [2.05, 4.69) is 16.3 Å². The van der Waals surface area contributed by atoms with Gasteiger partial charge in [0.05, 0.1) is 11.8 Å². The van der Waals surface area contributed by atoms with Gasteiger partial charge in [-0.2, -0.15) is 10.4 Å². The van der Waals surface area contributed by atoms with Gasteiger partial charge < -0.3 is 0 Å². The molecule has 0 N–H and O–H groups in total.